The SMILES string of the molecule is CC(C)(CC(N)=O)NCCC(=O)OC(C)(C)C. The number of hydrogen-bond donors (Lipinski definition) is 2. The summed E-state index contributed by atoms with van der Waals surface area (Å²) in [6, 6.07) is 0. The third kappa shape index (κ3) is 9.81. The Kier molecular flexibility index (Phi) is 5.61. The molecule has 5 heteroatoms. The fraction of sp³-hybridized carbons (Fsp3) is 0.833. The van der Waals surface area contributed by atoms with Gasteiger partial charge in [-0.05, 0) is 34.6 Å². The number of esters is 1. The molecular formula is C12H24N2O3. The molecule has 0 rings (SSSR count). The molecule has 0 aliphatic carbocycles. The molecular weight excluding hydrogens is 220 g/mol. The highest BCUT2D eigenvalue weighted by molar-refractivity contribution is 5.75. The Morgan fingerprint density at radius 3 is 2.12 bits per heavy atom. The van der Waals surface area contributed by atoms with Gasteiger partial charge in [-0.1, -0.05) is 0 Å². The lowest BCUT2D eigenvalue weighted by molar-refractivity contribution is -0.154. The standard InChI is InChI=1S/C12H24N2O3/c1-11(2,3)17-10(16)6-7-14-12(4,5)8-9(13)15/h14H,6-8H2,1-5H3,(H2,13,15). The molecule has 0 fully saturated rings. The van der Waals surface area contributed by atoms with E-state index in [1.807, 2.05) is 34.6 Å². The Balaban J connectivity index is 3.91. The summed E-state index contributed by atoms with van der Waals surface area (Å²) in [5.41, 5.74) is 4.27. The van der Waals surface area contributed by atoms with Gasteiger partial charge >= 0.3 is 5.97 Å². The lowest BCUT2D eigenvalue weighted by Crippen LogP contribution is -2.43. The van der Waals surface area contributed by atoms with Crippen molar-refractivity contribution < 1.29 is 14.3 Å². The molecule has 0 aliphatic heterocycles. The van der Waals surface area contributed by atoms with Crippen molar-refractivity contribution in [1.29, 1.82) is 0 Å². The van der Waals surface area contributed by atoms with Gasteiger partial charge in [0.2, 0.25) is 5.91 Å². The first-order valence-electron chi connectivity index (χ1n) is 5.77. The molecule has 0 saturated carbocycles. The first-order valence-corrected chi connectivity index (χ1v) is 5.77. The Morgan fingerprint density at radius 1 is 1.18 bits per heavy atom. The topological polar surface area (TPSA) is 81.4 Å². The van der Waals surface area contributed by atoms with Crippen LogP contribution in [0.4, 0.5) is 0 Å². The fourth-order valence-electron chi connectivity index (χ4n) is 1.39. The van der Waals surface area contributed by atoms with Crippen LogP contribution in [0.5, 0.6) is 0 Å². The quantitative estimate of drug-likeness (QED) is 0.682. The molecule has 17 heavy (non-hydrogen) atoms. The molecule has 0 saturated heterocycles. The van der Waals surface area contributed by atoms with Crippen molar-refractivity contribution in [1.82, 2.24) is 5.32 Å². The van der Waals surface area contributed by atoms with Crippen molar-refractivity contribution >= 4 is 11.9 Å². The summed E-state index contributed by atoms with van der Waals surface area (Å²) in [4.78, 5) is 22.2. The van der Waals surface area contributed by atoms with Crippen LogP contribution in [0.25, 0.3) is 0 Å². The molecule has 3 N–H and O–H groups in total. The molecule has 0 aromatic rings. The van der Waals surface area contributed by atoms with Gasteiger partial charge in [0, 0.05) is 18.5 Å². The van der Waals surface area contributed by atoms with Crippen LogP contribution in [0.15, 0.2) is 0 Å². The van der Waals surface area contributed by atoms with E-state index < -0.39 is 11.1 Å². The van der Waals surface area contributed by atoms with Gasteiger partial charge in [0.25, 0.3) is 0 Å². The minimum absolute atomic E-state index is 0.237. The number of carbonyl (C=O) groups excluding carboxylic acids is 2. The van der Waals surface area contributed by atoms with Gasteiger partial charge in [-0.15, -0.1) is 0 Å². The molecule has 0 radical (unpaired) electrons. The first kappa shape index (κ1) is 15.9. The van der Waals surface area contributed by atoms with Crippen molar-refractivity contribution in [3.63, 3.8) is 0 Å². The van der Waals surface area contributed by atoms with Crippen LogP contribution < -0.4 is 11.1 Å². The third-order valence-corrected chi connectivity index (χ3v) is 1.97. The van der Waals surface area contributed by atoms with Gasteiger partial charge < -0.3 is 15.8 Å². The van der Waals surface area contributed by atoms with Crippen LogP contribution in [-0.2, 0) is 14.3 Å². The van der Waals surface area contributed by atoms with Gasteiger partial charge in [-0.2, -0.15) is 0 Å². The monoisotopic (exact) mass is 244 g/mol. The lowest BCUT2D eigenvalue weighted by atomic mass is 10.0. The summed E-state index contributed by atoms with van der Waals surface area (Å²) in [6.45, 7) is 9.69. The maximum atomic E-state index is 11.4. The highest BCUT2D eigenvalue weighted by Gasteiger charge is 2.21. The van der Waals surface area contributed by atoms with E-state index in [0.717, 1.165) is 0 Å². The van der Waals surface area contributed by atoms with Crippen LogP contribution in [0.3, 0.4) is 0 Å². The van der Waals surface area contributed by atoms with E-state index in [9.17, 15) is 9.59 Å². The van der Waals surface area contributed by atoms with Crippen LogP contribution >= 0.6 is 0 Å². The Morgan fingerprint density at radius 2 is 1.71 bits per heavy atom. The Bertz CT molecular complexity index is 280. The Labute approximate surface area is 103 Å². The minimum atomic E-state index is -0.459. The second-order valence-electron chi connectivity index (χ2n) is 5.79. The molecule has 1 amide bonds. The van der Waals surface area contributed by atoms with Crippen molar-refractivity contribution in [2.24, 2.45) is 5.73 Å². The number of primary amides is 1. The number of nitrogens with two attached hydrogens (primary N) is 1. The smallest absolute Gasteiger partial charge is 0.307 e. The van der Waals surface area contributed by atoms with Gasteiger partial charge in [-0.25, -0.2) is 0 Å². The van der Waals surface area contributed by atoms with E-state index in [-0.39, 0.29) is 24.7 Å². The molecule has 0 unspecified atom stereocenters. The van der Waals surface area contributed by atoms with Crippen LogP contribution in [0.2, 0.25) is 0 Å². The highest BCUT2D eigenvalue weighted by Crippen LogP contribution is 2.09. The number of ether oxygens (including phenoxy) is 1. The van der Waals surface area contributed by atoms with Crippen molar-refractivity contribution in [3.8, 4) is 0 Å². The summed E-state index contributed by atoms with van der Waals surface area (Å²) in [5.74, 6) is -0.611. The predicted molar refractivity (Wildman–Crippen MR) is 66.4 cm³/mol. The Hall–Kier alpha value is -1.10. The molecule has 5 nitrogen and oxygen atoms in total. The summed E-state index contributed by atoms with van der Waals surface area (Å²) in [7, 11) is 0. The maximum absolute atomic E-state index is 11.4. The zero-order chi connectivity index (χ0) is 13.7. The largest absolute Gasteiger partial charge is 0.460 e. The zero-order valence-corrected chi connectivity index (χ0v) is 11.4. The van der Waals surface area contributed by atoms with Gasteiger partial charge in [0.1, 0.15) is 5.60 Å². The van der Waals surface area contributed by atoms with E-state index in [0.29, 0.717) is 6.54 Å². The zero-order valence-electron chi connectivity index (χ0n) is 11.4. The number of rotatable bonds is 6. The van der Waals surface area contributed by atoms with E-state index in [4.69, 9.17) is 10.5 Å². The number of nitrogens with one attached hydrogen (secondary N) is 1. The average molecular weight is 244 g/mol. The van der Waals surface area contributed by atoms with E-state index in [1.54, 1.807) is 0 Å². The van der Waals surface area contributed by atoms with Crippen LogP contribution in [-0.4, -0.2) is 29.6 Å². The summed E-state index contributed by atoms with van der Waals surface area (Å²) < 4.78 is 5.16. The summed E-state index contributed by atoms with van der Waals surface area (Å²) >= 11 is 0. The maximum Gasteiger partial charge on any atom is 0.307 e. The number of carbonyl (C=O) groups is 2. The number of amides is 1. The molecule has 0 bridgehead atoms. The average Bonchev–Trinajstić information content (AvgIpc) is 1.95. The molecule has 0 spiro atoms. The van der Waals surface area contributed by atoms with Crippen LogP contribution in [0, 0.1) is 0 Å². The summed E-state index contributed by atoms with van der Waals surface area (Å²) in [6.07, 6.45) is 0.515. The van der Waals surface area contributed by atoms with Gasteiger partial charge in [-0.3, -0.25) is 9.59 Å². The lowest BCUT2D eigenvalue weighted by Gasteiger charge is -2.25. The molecule has 0 aliphatic rings. The van der Waals surface area contributed by atoms with E-state index in [2.05, 4.69) is 5.32 Å². The molecule has 0 aromatic carbocycles. The predicted octanol–water partition coefficient (Wildman–Crippen LogP) is 0.962. The van der Waals surface area contributed by atoms with Gasteiger partial charge in [0.15, 0.2) is 0 Å². The van der Waals surface area contributed by atoms with Gasteiger partial charge in [0.05, 0.1) is 6.42 Å². The summed E-state index contributed by atoms with van der Waals surface area (Å²) in [5, 5.41) is 3.11. The first-order chi connectivity index (χ1) is 7.52. The molecule has 0 heterocycles. The van der Waals surface area contributed by atoms with Crippen molar-refractivity contribution in [2.75, 3.05) is 6.54 Å². The van der Waals surface area contributed by atoms with Crippen LogP contribution in [0.1, 0.15) is 47.5 Å². The second-order valence-corrected chi connectivity index (χ2v) is 5.79. The van der Waals surface area contributed by atoms with E-state index in [1.165, 1.54) is 0 Å². The van der Waals surface area contributed by atoms with Crippen molar-refractivity contribution in [3.05, 3.63) is 0 Å². The normalized spacial score (nSPS) is 12.3. The van der Waals surface area contributed by atoms with E-state index >= 15 is 0 Å². The fourth-order valence-corrected chi connectivity index (χ4v) is 1.39. The molecule has 0 aromatic heterocycles. The molecule has 100 valence electrons. The third-order valence-electron chi connectivity index (χ3n) is 1.97. The van der Waals surface area contributed by atoms with Crippen molar-refractivity contribution in [2.45, 2.75) is 58.6 Å². The highest BCUT2D eigenvalue weighted by atomic mass is 16.6. The molecule has 0 atom stereocenters. The number of hydrogen-bond acceptors (Lipinski definition) is 4. The second kappa shape index (κ2) is 6.00. The minimum Gasteiger partial charge on any atom is -0.460 e.